The lowest BCUT2D eigenvalue weighted by atomic mass is 9.91. The molecule has 1 aromatic carbocycles. The predicted octanol–water partition coefficient (Wildman–Crippen LogP) is 2.91. The van der Waals surface area contributed by atoms with E-state index < -0.39 is 0 Å². The summed E-state index contributed by atoms with van der Waals surface area (Å²) in [6.45, 7) is 2.08. The largest absolute Gasteiger partial charge is 0.317 e. The smallest absolute Gasteiger partial charge is 0.163 e. The average Bonchev–Trinajstić information content (AvgIpc) is 2.31. The number of benzene rings is 1. The van der Waals surface area contributed by atoms with Gasteiger partial charge in [-0.05, 0) is 56.1 Å². The zero-order valence-corrected chi connectivity index (χ0v) is 9.96. The molecule has 0 spiro atoms. The molecule has 3 heteroatoms. The average molecular weight is 238 g/mol. The molecule has 0 bridgehead atoms. The molecule has 16 heavy (non-hydrogen) atoms. The van der Waals surface area contributed by atoms with E-state index in [4.69, 9.17) is 11.6 Å². The fourth-order valence-electron chi connectivity index (χ4n) is 2.10. The lowest BCUT2D eigenvalue weighted by Crippen LogP contribution is -2.28. The van der Waals surface area contributed by atoms with Crippen molar-refractivity contribution in [1.82, 2.24) is 5.32 Å². The van der Waals surface area contributed by atoms with E-state index in [1.165, 1.54) is 0 Å². The van der Waals surface area contributed by atoms with Gasteiger partial charge in [0.25, 0.3) is 0 Å². The van der Waals surface area contributed by atoms with Crippen molar-refractivity contribution < 1.29 is 4.79 Å². The minimum absolute atomic E-state index is 0.239. The highest BCUT2D eigenvalue weighted by atomic mass is 35.5. The second-order valence-corrected chi connectivity index (χ2v) is 4.76. The Morgan fingerprint density at radius 1 is 1.25 bits per heavy atom. The third-order valence-corrected chi connectivity index (χ3v) is 3.35. The van der Waals surface area contributed by atoms with Gasteiger partial charge in [0.05, 0.1) is 0 Å². The van der Waals surface area contributed by atoms with Crippen LogP contribution in [0.3, 0.4) is 0 Å². The Hall–Kier alpha value is -0.860. The molecule has 0 atom stereocenters. The van der Waals surface area contributed by atoms with Crippen molar-refractivity contribution in [2.45, 2.75) is 19.3 Å². The van der Waals surface area contributed by atoms with E-state index in [0.29, 0.717) is 17.4 Å². The highest BCUT2D eigenvalue weighted by Gasteiger charge is 2.17. The highest BCUT2D eigenvalue weighted by molar-refractivity contribution is 6.30. The molecule has 0 saturated carbocycles. The number of nitrogens with one attached hydrogen (secondary N) is 1. The van der Waals surface area contributed by atoms with Gasteiger partial charge in [0.2, 0.25) is 0 Å². The van der Waals surface area contributed by atoms with Gasteiger partial charge in [0.15, 0.2) is 5.78 Å². The number of ketones is 1. The molecule has 0 aromatic heterocycles. The van der Waals surface area contributed by atoms with Crippen molar-refractivity contribution in [1.29, 1.82) is 0 Å². The molecule has 0 aliphatic carbocycles. The van der Waals surface area contributed by atoms with Crippen molar-refractivity contribution in [3.05, 3.63) is 34.9 Å². The summed E-state index contributed by atoms with van der Waals surface area (Å²) in [6.07, 6.45) is 2.89. The minimum atomic E-state index is 0.239. The Balaban J connectivity index is 1.94. The van der Waals surface area contributed by atoms with E-state index in [1.807, 2.05) is 12.1 Å². The first-order valence-corrected chi connectivity index (χ1v) is 6.13. The molecular weight excluding hydrogens is 222 g/mol. The zero-order valence-electron chi connectivity index (χ0n) is 9.21. The molecule has 86 valence electrons. The Labute approximate surface area is 101 Å². The molecule has 1 aromatic rings. The summed E-state index contributed by atoms with van der Waals surface area (Å²) in [5.41, 5.74) is 0.780. The minimum Gasteiger partial charge on any atom is -0.317 e. The van der Waals surface area contributed by atoms with Crippen molar-refractivity contribution >= 4 is 17.4 Å². The molecule has 1 saturated heterocycles. The maximum atomic E-state index is 12.0. The van der Waals surface area contributed by atoms with Gasteiger partial charge in [0, 0.05) is 17.0 Å². The molecule has 1 heterocycles. The molecule has 1 aliphatic heterocycles. The van der Waals surface area contributed by atoms with Crippen LogP contribution in [0.5, 0.6) is 0 Å². The number of Topliss-reactive ketones (excluding diaryl/α,β-unsaturated/α-hetero) is 1. The first-order valence-electron chi connectivity index (χ1n) is 5.75. The Morgan fingerprint density at radius 2 is 1.88 bits per heavy atom. The lowest BCUT2D eigenvalue weighted by molar-refractivity contribution is 0.0952. The predicted molar refractivity (Wildman–Crippen MR) is 66.0 cm³/mol. The second kappa shape index (κ2) is 5.46. The number of halogens is 1. The van der Waals surface area contributed by atoms with Gasteiger partial charge in [0.1, 0.15) is 0 Å². The monoisotopic (exact) mass is 237 g/mol. The van der Waals surface area contributed by atoms with Crippen LogP contribution in [0, 0.1) is 5.92 Å². The fraction of sp³-hybridized carbons (Fsp3) is 0.462. The van der Waals surface area contributed by atoms with Gasteiger partial charge >= 0.3 is 0 Å². The Morgan fingerprint density at radius 3 is 2.50 bits per heavy atom. The quantitative estimate of drug-likeness (QED) is 0.819. The summed E-state index contributed by atoms with van der Waals surface area (Å²) in [5.74, 6) is 0.785. The van der Waals surface area contributed by atoms with Crippen molar-refractivity contribution in [2.24, 2.45) is 5.92 Å². The van der Waals surface area contributed by atoms with Gasteiger partial charge in [-0.25, -0.2) is 0 Å². The number of rotatable bonds is 3. The fourth-order valence-corrected chi connectivity index (χ4v) is 2.23. The molecule has 1 fully saturated rings. The van der Waals surface area contributed by atoms with E-state index in [1.54, 1.807) is 12.1 Å². The van der Waals surface area contributed by atoms with Crippen LogP contribution < -0.4 is 5.32 Å². The van der Waals surface area contributed by atoms with Crippen LogP contribution >= 0.6 is 11.6 Å². The third kappa shape index (κ3) is 3.06. The van der Waals surface area contributed by atoms with Crippen LogP contribution in [-0.2, 0) is 0 Å². The highest BCUT2D eigenvalue weighted by Crippen LogP contribution is 2.19. The molecule has 1 aliphatic rings. The van der Waals surface area contributed by atoms with E-state index in [2.05, 4.69) is 5.32 Å². The van der Waals surface area contributed by atoms with Gasteiger partial charge in [-0.3, -0.25) is 4.79 Å². The molecule has 0 amide bonds. The molecule has 0 radical (unpaired) electrons. The Bertz CT molecular complexity index is 355. The first-order chi connectivity index (χ1) is 7.75. The van der Waals surface area contributed by atoms with E-state index in [-0.39, 0.29) is 5.78 Å². The molecule has 0 unspecified atom stereocenters. The zero-order chi connectivity index (χ0) is 11.4. The summed E-state index contributed by atoms with van der Waals surface area (Å²) in [6, 6.07) is 7.17. The maximum Gasteiger partial charge on any atom is 0.163 e. The van der Waals surface area contributed by atoms with Gasteiger partial charge < -0.3 is 5.32 Å². The SMILES string of the molecule is O=C(CC1CCNCC1)c1ccc(Cl)cc1. The van der Waals surface area contributed by atoms with Gasteiger partial charge in [-0.15, -0.1) is 0 Å². The van der Waals surface area contributed by atoms with Crippen LogP contribution in [0.4, 0.5) is 0 Å². The molecule has 2 rings (SSSR count). The standard InChI is InChI=1S/C13H16ClNO/c14-12-3-1-11(2-4-12)13(16)9-10-5-7-15-8-6-10/h1-4,10,15H,5-9H2. The number of carbonyl (C=O) groups is 1. The van der Waals surface area contributed by atoms with E-state index >= 15 is 0 Å². The lowest BCUT2D eigenvalue weighted by Gasteiger charge is -2.21. The van der Waals surface area contributed by atoms with E-state index in [9.17, 15) is 4.79 Å². The van der Waals surface area contributed by atoms with Crippen molar-refractivity contribution in [2.75, 3.05) is 13.1 Å². The van der Waals surface area contributed by atoms with Gasteiger partial charge in [-0.2, -0.15) is 0 Å². The molecule has 1 N–H and O–H groups in total. The summed E-state index contributed by atoms with van der Waals surface area (Å²) in [7, 11) is 0. The number of carbonyl (C=O) groups excluding carboxylic acids is 1. The first kappa shape index (κ1) is 11.6. The number of hydrogen-bond donors (Lipinski definition) is 1. The molecule has 2 nitrogen and oxygen atoms in total. The topological polar surface area (TPSA) is 29.1 Å². The van der Waals surface area contributed by atoms with Crippen LogP contribution in [0.15, 0.2) is 24.3 Å². The summed E-state index contributed by atoms with van der Waals surface area (Å²) in [4.78, 5) is 12.0. The number of hydrogen-bond acceptors (Lipinski definition) is 2. The Kier molecular flexibility index (Phi) is 3.97. The summed E-state index contributed by atoms with van der Waals surface area (Å²) >= 11 is 5.79. The van der Waals surface area contributed by atoms with Gasteiger partial charge in [-0.1, -0.05) is 11.6 Å². The van der Waals surface area contributed by atoms with Crippen LogP contribution in [0.25, 0.3) is 0 Å². The normalized spacial score (nSPS) is 17.3. The maximum absolute atomic E-state index is 12.0. The summed E-state index contributed by atoms with van der Waals surface area (Å²) in [5, 5.41) is 3.99. The summed E-state index contributed by atoms with van der Waals surface area (Å²) < 4.78 is 0. The van der Waals surface area contributed by atoms with Crippen LogP contribution in [0.1, 0.15) is 29.6 Å². The third-order valence-electron chi connectivity index (χ3n) is 3.10. The van der Waals surface area contributed by atoms with Crippen molar-refractivity contribution in [3.8, 4) is 0 Å². The van der Waals surface area contributed by atoms with Crippen LogP contribution in [0.2, 0.25) is 5.02 Å². The van der Waals surface area contributed by atoms with E-state index in [0.717, 1.165) is 31.5 Å². The number of piperidine rings is 1. The van der Waals surface area contributed by atoms with Crippen molar-refractivity contribution in [3.63, 3.8) is 0 Å². The van der Waals surface area contributed by atoms with Crippen LogP contribution in [-0.4, -0.2) is 18.9 Å². The second-order valence-electron chi connectivity index (χ2n) is 4.33. The molecular formula is C13H16ClNO.